The van der Waals surface area contributed by atoms with Gasteiger partial charge in [-0.1, -0.05) is 0 Å². The van der Waals surface area contributed by atoms with Gasteiger partial charge < -0.3 is 10.5 Å². The first-order chi connectivity index (χ1) is 8.60. The minimum absolute atomic E-state index is 0. The number of nitro benzene ring substituents is 1. The number of non-ortho nitro benzene ring substituents is 1. The topological polar surface area (TPSA) is 81.6 Å². The molecule has 1 aliphatic rings. The Hall–Kier alpha value is -1.37. The Morgan fingerprint density at radius 1 is 1.58 bits per heavy atom. The van der Waals surface area contributed by atoms with E-state index >= 15 is 0 Å². The van der Waals surface area contributed by atoms with E-state index in [1.165, 1.54) is 6.07 Å². The summed E-state index contributed by atoms with van der Waals surface area (Å²) in [7, 11) is 1.57. The van der Waals surface area contributed by atoms with E-state index in [9.17, 15) is 10.1 Å². The van der Waals surface area contributed by atoms with Crippen molar-refractivity contribution in [2.75, 3.05) is 20.2 Å². The number of hydrogen-bond acceptors (Lipinski definition) is 5. The summed E-state index contributed by atoms with van der Waals surface area (Å²) in [4.78, 5) is 12.6. The van der Waals surface area contributed by atoms with Crippen LogP contribution in [0.15, 0.2) is 18.2 Å². The van der Waals surface area contributed by atoms with E-state index in [0.29, 0.717) is 12.3 Å². The van der Waals surface area contributed by atoms with Gasteiger partial charge in [0.2, 0.25) is 0 Å². The van der Waals surface area contributed by atoms with Crippen molar-refractivity contribution in [1.29, 1.82) is 0 Å². The molecule has 0 amide bonds. The van der Waals surface area contributed by atoms with E-state index in [1.807, 2.05) is 0 Å². The summed E-state index contributed by atoms with van der Waals surface area (Å²) >= 11 is 0. The number of ether oxygens (including phenoxy) is 1. The highest BCUT2D eigenvalue weighted by atomic mass is 35.5. The van der Waals surface area contributed by atoms with Crippen LogP contribution in [0.5, 0.6) is 5.75 Å². The third-order valence-corrected chi connectivity index (χ3v) is 3.18. The number of nitro groups is 1. The van der Waals surface area contributed by atoms with Gasteiger partial charge in [0.05, 0.1) is 12.0 Å². The zero-order valence-corrected chi connectivity index (χ0v) is 11.6. The summed E-state index contributed by atoms with van der Waals surface area (Å²) in [6.45, 7) is 2.39. The molecule has 0 bridgehead atoms. The Morgan fingerprint density at radius 3 is 2.84 bits per heavy atom. The SMILES string of the molecule is COc1ccc([N+](=O)[O-])cc1CN1CC[C@@H](N)C1.Cl. The van der Waals surface area contributed by atoms with E-state index in [2.05, 4.69) is 4.90 Å². The fourth-order valence-electron chi connectivity index (χ4n) is 2.25. The van der Waals surface area contributed by atoms with Crippen molar-refractivity contribution in [3.05, 3.63) is 33.9 Å². The highest BCUT2D eigenvalue weighted by molar-refractivity contribution is 5.85. The van der Waals surface area contributed by atoms with Gasteiger partial charge in [-0.3, -0.25) is 15.0 Å². The number of halogens is 1. The molecule has 0 aliphatic carbocycles. The largest absolute Gasteiger partial charge is 0.496 e. The Bertz CT molecular complexity index is 456. The molecule has 0 radical (unpaired) electrons. The highest BCUT2D eigenvalue weighted by Gasteiger charge is 2.21. The first-order valence-corrected chi connectivity index (χ1v) is 5.89. The lowest BCUT2D eigenvalue weighted by Crippen LogP contribution is -2.26. The van der Waals surface area contributed by atoms with Crippen LogP contribution in [0.4, 0.5) is 5.69 Å². The molecule has 6 nitrogen and oxygen atoms in total. The normalized spacial score (nSPS) is 18.9. The van der Waals surface area contributed by atoms with E-state index in [-0.39, 0.29) is 24.1 Å². The van der Waals surface area contributed by atoms with Gasteiger partial charge in [-0.25, -0.2) is 0 Å². The second kappa shape index (κ2) is 6.70. The quantitative estimate of drug-likeness (QED) is 0.671. The Kier molecular flexibility index (Phi) is 5.53. The number of likely N-dealkylation sites (tertiary alicyclic amines) is 1. The lowest BCUT2D eigenvalue weighted by Gasteiger charge is -2.17. The number of hydrogen-bond donors (Lipinski definition) is 1. The van der Waals surface area contributed by atoms with Gasteiger partial charge in [0, 0.05) is 43.4 Å². The van der Waals surface area contributed by atoms with E-state index < -0.39 is 4.92 Å². The third-order valence-electron chi connectivity index (χ3n) is 3.18. The molecule has 1 aromatic rings. The molecule has 0 aromatic heterocycles. The number of rotatable bonds is 4. The van der Waals surface area contributed by atoms with E-state index in [1.54, 1.807) is 19.2 Å². The average molecular weight is 288 g/mol. The number of nitrogens with two attached hydrogens (primary N) is 1. The Morgan fingerprint density at radius 2 is 2.32 bits per heavy atom. The summed E-state index contributed by atoms with van der Waals surface area (Å²) in [6, 6.07) is 4.87. The van der Waals surface area contributed by atoms with Crippen LogP contribution in [0, 0.1) is 10.1 Å². The Balaban J connectivity index is 0.00000180. The van der Waals surface area contributed by atoms with Crippen LogP contribution in [0.2, 0.25) is 0 Å². The molecule has 1 atom stereocenters. The van der Waals surface area contributed by atoms with Crippen molar-refractivity contribution in [1.82, 2.24) is 4.90 Å². The van der Waals surface area contributed by atoms with Crippen molar-refractivity contribution in [3.8, 4) is 5.75 Å². The average Bonchev–Trinajstić information content (AvgIpc) is 2.74. The van der Waals surface area contributed by atoms with E-state index in [4.69, 9.17) is 10.5 Å². The molecule has 0 spiro atoms. The summed E-state index contributed by atoms with van der Waals surface area (Å²) in [5.74, 6) is 0.682. The summed E-state index contributed by atoms with van der Waals surface area (Å²) in [5, 5.41) is 10.8. The molecule has 2 N–H and O–H groups in total. The first-order valence-electron chi connectivity index (χ1n) is 5.89. The summed E-state index contributed by atoms with van der Waals surface area (Å²) in [5.41, 5.74) is 6.77. The Labute approximate surface area is 118 Å². The fourth-order valence-corrected chi connectivity index (χ4v) is 2.25. The lowest BCUT2D eigenvalue weighted by molar-refractivity contribution is -0.384. The van der Waals surface area contributed by atoms with Crippen LogP contribution >= 0.6 is 12.4 Å². The lowest BCUT2D eigenvalue weighted by atomic mass is 10.1. The molecule has 0 unspecified atom stereocenters. The van der Waals surface area contributed by atoms with Gasteiger partial charge in [-0.15, -0.1) is 12.4 Å². The molecule has 1 heterocycles. The van der Waals surface area contributed by atoms with E-state index in [0.717, 1.165) is 25.1 Å². The maximum absolute atomic E-state index is 10.8. The highest BCUT2D eigenvalue weighted by Crippen LogP contribution is 2.26. The van der Waals surface area contributed by atoms with Crippen molar-refractivity contribution >= 4 is 18.1 Å². The van der Waals surface area contributed by atoms with Gasteiger partial charge >= 0.3 is 0 Å². The maximum Gasteiger partial charge on any atom is 0.270 e. The molecular weight excluding hydrogens is 270 g/mol. The minimum Gasteiger partial charge on any atom is -0.496 e. The molecule has 1 aromatic carbocycles. The van der Waals surface area contributed by atoms with Gasteiger partial charge in [0.25, 0.3) is 5.69 Å². The molecule has 1 aliphatic heterocycles. The van der Waals surface area contributed by atoms with Crippen LogP contribution in [0.25, 0.3) is 0 Å². The van der Waals surface area contributed by atoms with Gasteiger partial charge in [-0.2, -0.15) is 0 Å². The maximum atomic E-state index is 10.8. The van der Waals surface area contributed by atoms with Crippen molar-refractivity contribution in [3.63, 3.8) is 0 Å². The van der Waals surface area contributed by atoms with Crippen LogP contribution in [0.3, 0.4) is 0 Å². The molecule has 0 saturated carbocycles. The van der Waals surface area contributed by atoms with Gasteiger partial charge in [0.15, 0.2) is 0 Å². The van der Waals surface area contributed by atoms with Crippen LogP contribution in [-0.4, -0.2) is 36.1 Å². The first kappa shape index (κ1) is 15.7. The summed E-state index contributed by atoms with van der Waals surface area (Å²) in [6.07, 6.45) is 0.969. The summed E-state index contributed by atoms with van der Waals surface area (Å²) < 4.78 is 5.24. The molecule has 1 saturated heterocycles. The monoisotopic (exact) mass is 287 g/mol. The predicted octanol–water partition coefficient (Wildman–Crippen LogP) is 1.56. The predicted molar refractivity (Wildman–Crippen MR) is 74.8 cm³/mol. The van der Waals surface area contributed by atoms with Gasteiger partial charge in [-0.05, 0) is 12.5 Å². The number of methoxy groups -OCH3 is 1. The third kappa shape index (κ3) is 3.79. The number of nitrogens with zero attached hydrogens (tertiary/aromatic N) is 2. The fraction of sp³-hybridized carbons (Fsp3) is 0.500. The molecule has 1 fully saturated rings. The zero-order chi connectivity index (χ0) is 13.1. The van der Waals surface area contributed by atoms with Crippen LogP contribution in [-0.2, 0) is 6.54 Å². The molecular formula is C12H18ClN3O3. The standard InChI is InChI=1S/C12H17N3O3.ClH/c1-18-12-3-2-11(15(16)17)6-9(12)7-14-5-4-10(13)8-14;/h2-3,6,10H,4-5,7-8,13H2,1H3;1H/t10-;/m1./s1. The zero-order valence-electron chi connectivity index (χ0n) is 10.7. The smallest absolute Gasteiger partial charge is 0.270 e. The molecule has 7 heteroatoms. The van der Waals surface area contributed by atoms with Crippen LogP contribution < -0.4 is 10.5 Å². The molecule has 19 heavy (non-hydrogen) atoms. The second-order valence-electron chi connectivity index (χ2n) is 4.54. The van der Waals surface area contributed by atoms with Crippen molar-refractivity contribution in [2.45, 2.75) is 19.0 Å². The van der Waals surface area contributed by atoms with Crippen molar-refractivity contribution < 1.29 is 9.66 Å². The van der Waals surface area contributed by atoms with Crippen LogP contribution in [0.1, 0.15) is 12.0 Å². The molecule has 2 rings (SSSR count). The number of benzene rings is 1. The van der Waals surface area contributed by atoms with Gasteiger partial charge in [0.1, 0.15) is 5.75 Å². The molecule has 106 valence electrons. The minimum atomic E-state index is -0.390. The second-order valence-corrected chi connectivity index (χ2v) is 4.54. The van der Waals surface area contributed by atoms with Crippen molar-refractivity contribution in [2.24, 2.45) is 5.73 Å².